The van der Waals surface area contributed by atoms with Crippen LogP contribution in [0.1, 0.15) is 23.2 Å². The minimum Gasteiger partial charge on any atom is -0.466 e. The number of hydrogen-bond acceptors (Lipinski definition) is 6. The molecule has 0 radical (unpaired) electrons. The number of thioether (sulfide) groups is 1. The van der Waals surface area contributed by atoms with Crippen LogP contribution in [-0.4, -0.2) is 29.2 Å². The Morgan fingerprint density at radius 2 is 1.81 bits per heavy atom. The minimum absolute atomic E-state index is 0.00654. The van der Waals surface area contributed by atoms with Crippen molar-refractivity contribution in [2.24, 2.45) is 0 Å². The van der Waals surface area contributed by atoms with Crippen molar-refractivity contribution in [3.8, 4) is 22.4 Å². The van der Waals surface area contributed by atoms with Gasteiger partial charge in [0, 0.05) is 16.5 Å². The highest BCUT2D eigenvalue weighted by atomic mass is 32.2. The molecule has 2 aromatic carbocycles. The number of ether oxygens (including phenoxy) is 1. The van der Waals surface area contributed by atoms with Crippen LogP contribution in [-0.2, 0) is 20.7 Å². The summed E-state index contributed by atoms with van der Waals surface area (Å²) in [5, 5.41) is 4.46. The summed E-state index contributed by atoms with van der Waals surface area (Å²) in [5.74, 6) is 0.229. The number of aryl methyl sites for hydroxylation is 1. The van der Waals surface area contributed by atoms with Gasteiger partial charge in [0.1, 0.15) is 5.01 Å². The number of esters is 1. The molecule has 1 amide bonds. The molecule has 0 bridgehead atoms. The van der Waals surface area contributed by atoms with E-state index in [-0.39, 0.29) is 11.9 Å². The standard InChI is InChI=1S/C24H22N2O3S2/c1-2-29-23(28)13-12-19-24(26-22(31-19)14-21-25-20(27)15-30-21)18-10-8-17(9-11-18)16-6-4-3-5-7-16/h3-11,14H,2,12-13,15H2,1H3,(H,25,27)/b21-14+. The molecular formula is C24H22N2O3S2. The summed E-state index contributed by atoms with van der Waals surface area (Å²) in [4.78, 5) is 29.2. The zero-order valence-electron chi connectivity index (χ0n) is 17.1. The van der Waals surface area contributed by atoms with Crippen LogP contribution in [0.3, 0.4) is 0 Å². The molecule has 0 spiro atoms. The van der Waals surface area contributed by atoms with Gasteiger partial charge in [0.25, 0.3) is 0 Å². The molecule has 0 saturated carbocycles. The Bertz CT molecular complexity index is 1110. The predicted octanol–water partition coefficient (Wildman–Crippen LogP) is 5.13. The lowest BCUT2D eigenvalue weighted by molar-refractivity contribution is -0.143. The van der Waals surface area contributed by atoms with Crippen molar-refractivity contribution in [1.29, 1.82) is 0 Å². The molecule has 1 aromatic heterocycles. The Balaban J connectivity index is 1.62. The highest BCUT2D eigenvalue weighted by Crippen LogP contribution is 2.33. The first-order valence-electron chi connectivity index (χ1n) is 10.1. The molecule has 7 heteroatoms. The Kier molecular flexibility index (Phi) is 6.84. The van der Waals surface area contributed by atoms with E-state index in [1.54, 1.807) is 11.3 Å². The van der Waals surface area contributed by atoms with Crippen molar-refractivity contribution in [2.45, 2.75) is 19.8 Å². The maximum absolute atomic E-state index is 11.9. The molecule has 1 aliphatic rings. The Morgan fingerprint density at radius 1 is 1.10 bits per heavy atom. The van der Waals surface area contributed by atoms with Gasteiger partial charge in [0.05, 0.1) is 29.5 Å². The summed E-state index contributed by atoms with van der Waals surface area (Å²) in [6.07, 6.45) is 2.78. The Hall–Kier alpha value is -2.90. The van der Waals surface area contributed by atoms with Gasteiger partial charge in [0.15, 0.2) is 0 Å². The topological polar surface area (TPSA) is 68.3 Å². The molecule has 1 N–H and O–H groups in total. The zero-order valence-corrected chi connectivity index (χ0v) is 18.7. The average molecular weight is 451 g/mol. The lowest BCUT2D eigenvalue weighted by Gasteiger charge is -2.05. The molecule has 3 aromatic rings. The first-order chi connectivity index (χ1) is 15.1. The molecule has 4 rings (SSSR count). The maximum Gasteiger partial charge on any atom is 0.306 e. The fourth-order valence-corrected chi connectivity index (χ4v) is 5.11. The number of thiazole rings is 1. The van der Waals surface area contributed by atoms with Gasteiger partial charge in [-0.3, -0.25) is 9.59 Å². The van der Waals surface area contributed by atoms with E-state index in [1.807, 2.05) is 31.2 Å². The second-order valence-electron chi connectivity index (χ2n) is 6.92. The van der Waals surface area contributed by atoms with Crippen molar-refractivity contribution in [3.05, 3.63) is 69.5 Å². The number of amides is 1. The number of benzene rings is 2. The number of rotatable bonds is 7. The average Bonchev–Trinajstić information content (AvgIpc) is 3.39. The first-order valence-corrected chi connectivity index (χ1v) is 11.9. The second-order valence-corrected chi connectivity index (χ2v) is 9.05. The number of nitrogens with one attached hydrogen (secondary N) is 1. The van der Waals surface area contributed by atoms with Gasteiger partial charge in [-0.15, -0.1) is 11.3 Å². The second kappa shape index (κ2) is 9.94. The van der Waals surface area contributed by atoms with E-state index in [4.69, 9.17) is 9.72 Å². The third-order valence-electron chi connectivity index (χ3n) is 4.72. The summed E-state index contributed by atoms with van der Waals surface area (Å²) in [7, 11) is 0. The molecular weight excluding hydrogens is 428 g/mol. The maximum atomic E-state index is 11.9. The largest absolute Gasteiger partial charge is 0.466 e. The number of carbonyl (C=O) groups is 2. The summed E-state index contributed by atoms with van der Waals surface area (Å²) in [6, 6.07) is 18.5. The van der Waals surface area contributed by atoms with Gasteiger partial charge in [0.2, 0.25) is 5.91 Å². The van der Waals surface area contributed by atoms with Gasteiger partial charge in [-0.1, -0.05) is 66.4 Å². The minimum atomic E-state index is -0.209. The van der Waals surface area contributed by atoms with E-state index in [2.05, 4.69) is 41.7 Å². The predicted molar refractivity (Wildman–Crippen MR) is 127 cm³/mol. The molecule has 5 nitrogen and oxygen atoms in total. The van der Waals surface area contributed by atoms with Crippen molar-refractivity contribution < 1.29 is 14.3 Å². The number of aromatic nitrogens is 1. The van der Waals surface area contributed by atoms with Crippen molar-refractivity contribution in [2.75, 3.05) is 12.4 Å². The van der Waals surface area contributed by atoms with Crippen molar-refractivity contribution >= 4 is 41.1 Å². The quantitative estimate of drug-likeness (QED) is 0.505. The van der Waals surface area contributed by atoms with Crippen LogP contribution in [0.2, 0.25) is 0 Å². The van der Waals surface area contributed by atoms with E-state index in [0.29, 0.717) is 25.2 Å². The van der Waals surface area contributed by atoms with Gasteiger partial charge >= 0.3 is 5.97 Å². The smallest absolute Gasteiger partial charge is 0.306 e. The molecule has 0 aliphatic carbocycles. The summed E-state index contributed by atoms with van der Waals surface area (Å²) in [5.41, 5.74) is 4.17. The van der Waals surface area contributed by atoms with Crippen LogP contribution in [0.25, 0.3) is 28.5 Å². The van der Waals surface area contributed by atoms with Crippen LogP contribution in [0.4, 0.5) is 0 Å². The van der Waals surface area contributed by atoms with Gasteiger partial charge < -0.3 is 10.1 Å². The third-order valence-corrected chi connectivity index (χ3v) is 6.72. The number of nitrogens with zero attached hydrogens (tertiary/aromatic N) is 1. The molecule has 1 saturated heterocycles. The monoisotopic (exact) mass is 450 g/mol. The summed E-state index contributed by atoms with van der Waals surface area (Å²) >= 11 is 3.02. The zero-order chi connectivity index (χ0) is 21.6. The molecule has 158 valence electrons. The number of carbonyl (C=O) groups excluding carboxylic acids is 2. The van der Waals surface area contributed by atoms with E-state index in [1.165, 1.54) is 11.8 Å². The Morgan fingerprint density at radius 3 is 2.48 bits per heavy atom. The van der Waals surface area contributed by atoms with E-state index >= 15 is 0 Å². The SMILES string of the molecule is CCOC(=O)CCc1sc(/C=C2\NC(=O)CS2)nc1-c1ccc(-c2ccccc2)cc1. The normalized spacial score (nSPS) is 14.6. The highest BCUT2D eigenvalue weighted by Gasteiger charge is 2.18. The van der Waals surface area contributed by atoms with E-state index < -0.39 is 0 Å². The molecule has 1 fully saturated rings. The van der Waals surface area contributed by atoms with Gasteiger partial charge in [-0.25, -0.2) is 4.98 Å². The number of hydrogen-bond donors (Lipinski definition) is 1. The van der Waals surface area contributed by atoms with Crippen LogP contribution in [0.15, 0.2) is 59.6 Å². The Labute approximate surface area is 189 Å². The highest BCUT2D eigenvalue weighted by molar-refractivity contribution is 8.04. The fraction of sp³-hybridized carbons (Fsp3) is 0.208. The molecule has 0 atom stereocenters. The molecule has 31 heavy (non-hydrogen) atoms. The van der Waals surface area contributed by atoms with Crippen LogP contribution in [0, 0.1) is 0 Å². The summed E-state index contributed by atoms with van der Waals surface area (Å²) in [6.45, 7) is 2.19. The lowest BCUT2D eigenvalue weighted by Crippen LogP contribution is -2.13. The fourth-order valence-electron chi connectivity index (χ4n) is 3.27. The molecule has 2 heterocycles. The third kappa shape index (κ3) is 5.42. The summed E-state index contributed by atoms with van der Waals surface area (Å²) < 4.78 is 5.08. The first kappa shape index (κ1) is 21.3. The van der Waals surface area contributed by atoms with Crippen LogP contribution in [0.5, 0.6) is 0 Å². The van der Waals surface area contributed by atoms with Crippen molar-refractivity contribution in [3.63, 3.8) is 0 Å². The molecule has 0 unspecified atom stereocenters. The van der Waals surface area contributed by atoms with Gasteiger partial charge in [-0.2, -0.15) is 0 Å². The van der Waals surface area contributed by atoms with Crippen molar-refractivity contribution in [1.82, 2.24) is 10.3 Å². The van der Waals surface area contributed by atoms with Crippen LogP contribution < -0.4 is 5.32 Å². The van der Waals surface area contributed by atoms with E-state index in [9.17, 15) is 9.59 Å². The lowest BCUT2D eigenvalue weighted by atomic mass is 10.0. The van der Waals surface area contributed by atoms with Crippen LogP contribution >= 0.6 is 23.1 Å². The molecule has 1 aliphatic heterocycles. The van der Waals surface area contributed by atoms with E-state index in [0.717, 1.165) is 37.3 Å². The van der Waals surface area contributed by atoms with Gasteiger partial charge in [-0.05, 0) is 24.5 Å².